The molecule has 0 unspecified atom stereocenters. The Hall–Kier alpha value is -0.620. The minimum atomic E-state index is 0.108. The van der Waals surface area contributed by atoms with Gasteiger partial charge in [0.15, 0.2) is 0 Å². The lowest BCUT2D eigenvalue weighted by Gasteiger charge is -2.34. The van der Waals surface area contributed by atoms with E-state index in [1.807, 2.05) is 31.2 Å². The van der Waals surface area contributed by atoms with E-state index >= 15 is 0 Å². The number of anilines is 1. The second kappa shape index (κ2) is 6.52. The zero-order chi connectivity index (χ0) is 13.0. The zero-order valence-electron chi connectivity index (χ0n) is 10.5. The smallest absolute Gasteiger partial charge is 0.224 e. The number of hydrogen-bond acceptors (Lipinski definition) is 2. The Labute approximate surface area is 121 Å². The molecule has 0 aliphatic heterocycles. The first-order valence-corrected chi connectivity index (χ1v) is 7.42. The van der Waals surface area contributed by atoms with E-state index in [1.165, 1.54) is 3.57 Å². The SMILES string of the molecule is CCOC1CC(CC(=O)Nc2ccc(I)cc2)C1. The van der Waals surface area contributed by atoms with Crippen molar-refractivity contribution in [2.75, 3.05) is 11.9 Å². The summed E-state index contributed by atoms with van der Waals surface area (Å²) in [5, 5.41) is 2.93. The molecule has 1 aromatic carbocycles. The minimum Gasteiger partial charge on any atom is -0.378 e. The van der Waals surface area contributed by atoms with Crippen LogP contribution in [0.5, 0.6) is 0 Å². The van der Waals surface area contributed by atoms with E-state index < -0.39 is 0 Å². The molecule has 98 valence electrons. The van der Waals surface area contributed by atoms with Crippen molar-refractivity contribution < 1.29 is 9.53 Å². The molecule has 0 saturated heterocycles. The highest BCUT2D eigenvalue weighted by Gasteiger charge is 2.30. The average molecular weight is 359 g/mol. The van der Waals surface area contributed by atoms with Gasteiger partial charge in [-0.05, 0) is 72.5 Å². The van der Waals surface area contributed by atoms with Crippen molar-refractivity contribution in [3.63, 3.8) is 0 Å². The van der Waals surface area contributed by atoms with Gasteiger partial charge < -0.3 is 10.1 Å². The van der Waals surface area contributed by atoms with Gasteiger partial charge >= 0.3 is 0 Å². The second-order valence-corrected chi connectivity index (χ2v) is 5.92. The summed E-state index contributed by atoms with van der Waals surface area (Å²) in [7, 11) is 0. The standard InChI is InChI=1S/C14H18INO2/c1-2-18-13-7-10(8-13)9-14(17)16-12-5-3-11(15)4-6-12/h3-6,10,13H,2,7-9H2,1H3,(H,16,17). The molecule has 3 nitrogen and oxygen atoms in total. The van der Waals surface area contributed by atoms with Crippen LogP contribution >= 0.6 is 22.6 Å². The van der Waals surface area contributed by atoms with Gasteiger partial charge in [0.1, 0.15) is 0 Å². The maximum atomic E-state index is 11.8. The molecule has 1 fully saturated rings. The van der Waals surface area contributed by atoms with Crippen LogP contribution < -0.4 is 5.32 Å². The molecule has 0 aromatic heterocycles. The number of carbonyl (C=O) groups is 1. The third kappa shape index (κ3) is 3.95. The molecule has 1 aliphatic carbocycles. The predicted molar refractivity (Wildman–Crippen MR) is 80.5 cm³/mol. The van der Waals surface area contributed by atoms with Crippen molar-refractivity contribution in [2.24, 2.45) is 5.92 Å². The lowest BCUT2D eigenvalue weighted by Crippen LogP contribution is -2.33. The van der Waals surface area contributed by atoms with Crippen molar-refractivity contribution in [3.8, 4) is 0 Å². The molecule has 1 aliphatic rings. The highest BCUT2D eigenvalue weighted by atomic mass is 127. The molecule has 1 aromatic rings. The highest BCUT2D eigenvalue weighted by molar-refractivity contribution is 14.1. The molecule has 1 saturated carbocycles. The van der Waals surface area contributed by atoms with Gasteiger partial charge in [-0.2, -0.15) is 0 Å². The fourth-order valence-electron chi connectivity index (χ4n) is 2.22. The normalized spacial score (nSPS) is 22.3. The fraction of sp³-hybridized carbons (Fsp3) is 0.500. The first-order valence-electron chi connectivity index (χ1n) is 6.34. The van der Waals surface area contributed by atoms with Crippen molar-refractivity contribution in [1.82, 2.24) is 0 Å². The summed E-state index contributed by atoms with van der Waals surface area (Å²) in [5.74, 6) is 0.599. The van der Waals surface area contributed by atoms with Crippen LogP contribution in [-0.4, -0.2) is 18.6 Å². The van der Waals surface area contributed by atoms with Crippen molar-refractivity contribution >= 4 is 34.2 Å². The molecule has 0 bridgehead atoms. The van der Waals surface area contributed by atoms with Crippen LogP contribution in [0.4, 0.5) is 5.69 Å². The largest absolute Gasteiger partial charge is 0.378 e. The summed E-state index contributed by atoms with van der Waals surface area (Å²) in [4.78, 5) is 11.8. The monoisotopic (exact) mass is 359 g/mol. The number of ether oxygens (including phenoxy) is 1. The van der Waals surface area contributed by atoms with Gasteiger partial charge in [0.05, 0.1) is 6.10 Å². The first kappa shape index (κ1) is 13.8. The molecule has 0 atom stereocenters. The predicted octanol–water partition coefficient (Wildman–Crippen LogP) is 3.43. The van der Waals surface area contributed by atoms with Gasteiger partial charge in [-0.1, -0.05) is 0 Å². The summed E-state index contributed by atoms with van der Waals surface area (Å²) >= 11 is 2.25. The van der Waals surface area contributed by atoms with E-state index in [-0.39, 0.29) is 5.91 Å². The molecular formula is C14H18INO2. The summed E-state index contributed by atoms with van der Waals surface area (Å²) in [6.07, 6.45) is 3.03. The third-order valence-electron chi connectivity index (χ3n) is 3.20. The summed E-state index contributed by atoms with van der Waals surface area (Å²) in [6.45, 7) is 2.78. The van der Waals surface area contributed by atoms with Gasteiger partial charge in [0.2, 0.25) is 5.91 Å². The number of rotatable bonds is 5. The molecule has 0 spiro atoms. The molecule has 0 heterocycles. The van der Waals surface area contributed by atoms with Crippen molar-refractivity contribution in [3.05, 3.63) is 27.8 Å². The first-order chi connectivity index (χ1) is 8.67. The van der Waals surface area contributed by atoms with Gasteiger partial charge in [-0.15, -0.1) is 0 Å². The Morgan fingerprint density at radius 3 is 2.67 bits per heavy atom. The van der Waals surface area contributed by atoms with Crippen molar-refractivity contribution in [2.45, 2.75) is 32.3 Å². The minimum absolute atomic E-state index is 0.108. The van der Waals surface area contributed by atoms with Gasteiger partial charge in [-0.25, -0.2) is 0 Å². The molecular weight excluding hydrogens is 341 g/mol. The van der Waals surface area contributed by atoms with E-state index in [4.69, 9.17) is 4.74 Å². The van der Waals surface area contributed by atoms with Crippen LogP contribution in [-0.2, 0) is 9.53 Å². The van der Waals surface area contributed by atoms with E-state index in [0.717, 1.165) is 25.1 Å². The van der Waals surface area contributed by atoms with E-state index in [0.29, 0.717) is 18.4 Å². The second-order valence-electron chi connectivity index (χ2n) is 4.67. The molecule has 2 rings (SSSR count). The number of nitrogens with one attached hydrogen (secondary N) is 1. The lowest BCUT2D eigenvalue weighted by molar-refractivity contribution is -0.119. The van der Waals surface area contributed by atoms with Crippen LogP contribution in [0.15, 0.2) is 24.3 Å². The third-order valence-corrected chi connectivity index (χ3v) is 3.92. The number of halogens is 1. The van der Waals surface area contributed by atoms with E-state index in [2.05, 4.69) is 27.9 Å². The molecule has 1 amide bonds. The summed E-state index contributed by atoms with van der Waals surface area (Å²) in [5.41, 5.74) is 0.876. The molecule has 1 N–H and O–H groups in total. The van der Waals surface area contributed by atoms with Gasteiger partial charge in [0, 0.05) is 22.3 Å². The van der Waals surface area contributed by atoms with Crippen LogP contribution in [0.25, 0.3) is 0 Å². The van der Waals surface area contributed by atoms with Gasteiger partial charge in [-0.3, -0.25) is 4.79 Å². The Balaban J connectivity index is 1.72. The highest BCUT2D eigenvalue weighted by Crippen LogP contribution is 2.32. The molecule has 0 radical (unpaired) electrons. The van der Waals surface area contributed by atoms with Crippen LogP contribution in [0, 0.1) is 9.49 Å². The summed E-state index contributed by atoms with van der Waals surface area (Å²) < 4.78 is 6.66. The Bertz CT molecular complexity index is 399. The summed E-state index contributed by atoms with van der Waals surface area (Å²) in [6, 6.07) is 7.85. The quantitative estimate of drug-likeness (QED) is 0.818. The Kier molecular flexibility index (Phi) is 5.00. The topological polar surface area (TPSA) is 38.3 Å². The van der Waals surface area contributed by atoms with Crippen molar-refractivity contribution in [1.29, 1.82) is 0 Å². The number of benzene rings is 1. The van der Waals surface area contributed by atoms with Crippen LogP contribution in [0.3, 0.4) is 0 Å². The zero-order valence-corrected chi connectivity index (χ0v) is 12.6. The van der Waals surface area contributed by atoms with Crippen LogP contribution in [0.2, 0.25) is 0 Å². The number of hydrogen-bond donors (Lipinski definition) is 1. The maximum Gasteiger partial charge on any atom is 0.224 e. The lowest BCUT2D eigenvalue weighted by atomic mass is 9.80. The number of carbonyl (C=O) groups excluding carboxylic acids is 1. The molecule has 18 heavy (non-hydrogen) atoms. The fourth-order valence-corrected chi connectivity index (χ4v) is 2.58. The van der Waals surface area contributed by atoms with Gasteiger partial charge in [0.25, 0.3) is 0 Å². The molecule has 4 heteroatoms. The van der Waals surface area contributed by atoms with E-state index in [9.17, 15) is 4.79 Å². The maximum absolute atomic E-state index is 11.8. The van der Waals surface area contributed by atoms with E-state index in [1.54, 1.807) is 0 Å². The number of amides is 1. The van der Waals surface area contributed by atoms with Crippen LogP contribution in [0.1, 0.15) is 26.2 Å². The Morgan fingerprint density at radius 2 is 2.06 bits per heavy atom. The Morgan fingerprint density at radius 1 is 1.39 bits per heavy atom. The average Bonchev–Trinajstić information content (AvgIpc) is 2.29.